The molecular weight excluding hydrogens is 290 g/mol. The number of carboxylic acids is 1. The van der Waals surface area contributed by atoms with Gasteiger partial charge in [0.05, 0.1) is 11.1 Å². The van der Waals surface area contributed by atoms with E-state index < -0.39 is 11.4 Å². The molecule has 0 aromatic carbocycles. The van der Waals surface area contributed by atoms with Crippen LogP contribution >= 0.6 is 11.3 Å². The number of aliphatic carboxylic acids is 1. The van der Waals surface area contributed by atoms with Gasteiger partial charge in [-0.1, -0.05) is 13.8 Å². The standard InChI is InChI=1S/C14H21N3O3S/c1-9(2)10-8-21-12(15-10)16-13(20)17-6-4-14(3,5-7-17)11(18)19/h8-9H,4-7H2,1-3H3,(H,18,19)(H,15,16,20). The fraction of sp³-hybridized carbons (Fsp3) is 0.643. The third-order valence-corrected chi connectivity index (χ3v) is 4.77. The SMILES string of the molecule is CC(C)c1csc(NC(=O)N2CCC(C)(C(=O)O)CC2)n1. The minimum Gasteiger partial charge on any atom is -0.481 e. The second-order valence-electron chi connectivity index (χ2n) is 6.02. The molecule has 0 spiro atoms. The smallest absolute Gasteiger partial charge is 0.323 e. The largest absolute Gasteiger partial charge is 0.481 e. The second kappa shape index (κ2) is 6.01. The molecule has 21 heavy (non-hydrogen) atoms. The van der Waals surface area contributed by atoms with Crippen molar-refractivity contribution in [2.24, 2.45) is 5.41 Å². The van der Waals surface area contributed by atoms with Crippen LogP contribution in [0, 0.1) is 5.41 Å². The molecule has 1 aliphatic rings. The number of nitrogens with zero attached hydrogens (tertiary/aromatic N) is 2. The van der Waals surface area contributed by atoms with E-state index in [0.29, 0.717) is 37.0 Å². The van der Waals surface area contributed by atoms with Gasteiger partial charge >= 0.3 is 12.0 Å². The Hall–Kier alpha value is -1.63. The van der Waals surface area contributed by atoms with E-state index in [4.69, 9.17) is 0 Å². The zero-order valence-electron chi connectivity index (χ0n) is 12.5. The Morgan fingerprint density at radius 2 is 2.05 bits per heavy atom. The van der Waals surface area contributed by atoms with Crippen LogP contribution in [0.15, 0.2) is 5.38 Å². The predicted octanol–water partition coefficient (Wildman–Crippen LogP) is 2.99. The molecule has 0 bridgehead atoms. The lowest BCUT2D eigenvalue weighted by atomic mass is 9.80. The number of nitrogens with one attached hydrogen (secondary N) is 1. The lowest BCUT2D eigenvalue weighted by Gasteiger charge is -2.36. The van der Waals surface area contributed by atoms with Crippen LogP contribution in [0.5, 0.6) is 0 Å². The number of piperidine rings is 1. The van der Waals surface area contributed by atoms with Crippen LogP contribution in [0.1, 0.15) is 45.2 Å². The number of likely N-dealkylation sites (tertiary alicyclic amines) is 1. The molecule has 1 saturated heterocycles. The number of carbonyl (C=O) groups is 2. The van der Waals surface area contributed by atoms with E-state index in [1.54, 1.807) is 11.8 Å². The van der Waals surface area contributed by atoms with Crippen molar-refractivity contribution in [1.82, 2.24) is 9.88 Å². The van der Waals surface area contributed by atoms with Gasteiger partial charge in [0.2, 0.25) is 0 Å². The van der Waals surface area contributed by atoms with E-state index in [-0.39, 0.29) is 6.03 Å². The Kier molecular flexibility index (Phi) is 4.51. The molecule has 1 aromatic heterocycles. The summed E-state index contributed by atoms with van der Waals surface area (Å²) in [5.41, 5.74) is 0.246. The number of anilines is 1. The first-order chi connectivity index (χ1) is 9.82. The molecule has 2 amide bonds. The molecule has 0 radical (unpaired) electrons. The van der Waals surface area contributed by atoms with Crippen molar-refractivity contribution in [2.75, 3.05) is 18.4 Å². The van der Waals surface area contributed by atoms with Crippen LogP contribution in [0.25, 0.3) is 0 Å². The van der Waals surface area contributed by atoms with Crippen LogP contribution in [-0.4, -0.2) is 40.1 Å². The van der Waals surface area contributed by atoms with E-state index in [9.17, 15) is 14.7 Å². The first kappa shape index (κ1) is 15.8. The molecule has 0 saturated carbocycles. The van der Waals surface area contributed by atoms with Crippen LogP contribution in [0.3, 0.4) is 0 Å². The molecule has 1 fully saturated rings. The Balaban J connectivity index is 1.91. The lowest BCUT2D eigenvalue weighted by molar-refractivity contribution is -0.150. The average molecular weight is 311 g/mol. The highest BCUT2D eigenvalue weighted by Gasteiger charge is 2.38. The van der Waals surface area contributed by atoms with Gasteiger partial charge in [-0.25, -0.2) is 9.78 Å². The fourth-order valence-corrected chi connectivity index (χ4v) is 3.06. The Morgan fingerprint density at radius 1 is 1.43 bits per heavy atom. The van der Waals surface area contributed by atoms with Gasteiger partial charge in [0, 0.05) is 18.5 Å². The third-order valence-electron chi connectivity index (χ3n) is 4.00. The Morgan fingerprint density at radius 3 is 2.52 bits per heavy atom. The number of amides is 2. The summed E-state index contributed by atoms with van der Waals surface area (Å²) in [6.45, 7) is 6.75. The first-order valence-electron chi connectivity index (χ1n) is 7.06. The highest BCUT2D eigenvalue weighted by Crippen LogP contribution is 2.31. The van der Waals surface area contributed by atoms with Crippen molar-refractivity contribution in [3.05, 3.63) is 11.1 Å². The quantitative estimate of drug-likeness (QED) is 0.899. The fourth-order valence-electron chi connectivity index (χ4n) is 2.20. The van der Waals surface area contributed by atoms with Crippen LogP contribution < -0.4 is 5.32 Å². The molecule has 2 heterocycles. The van der Waals surface area contributed by atoms with Crippen LogP contribution in [0.2, 0.25) is 0 Å². The number of hydrogen-bond donors (Lipinski definition) is 2. The number of carboxylic acid groups (broad SMARTS) is 1. The molecular formula is C14H21N3O3S. The molecule has 116 valence electrons. The van der Waals surface area contributed by atoms with Crippen molar-refractivity contribution in [3.63, 3.8) is 0 Å². The maximum atomic E-state index is 12.2. The summed E-state index contributed by atoms with van der Waals surface area (Å²) in [6, 6.07) is -0.202. The number of thiazole rings is 1. The van der Waals surface area contributed by atoms with Gasteiger partial charge in [0.15, 0.2) is 5.13 Å². The van der Waals surface area contributed by atoms with Gasteiger partial charge in [-0.15, -0.1) is 11.3 Å². The van der Waals surface area contributed by atoms with E-state index in [0.717, 1.165) is 5.69 Å². The van der Waals surface area contributed by atoms with E-state index in [1.165, 1.54) is 11.3 Å². The zero-order chi connectivity index (χ0) is 15.6. The zero-order valence-corrected chi connectivity index (χ0v) is 13.4. The molecule has 2 N–H and O–H groups in total. The normalized spacial score (nSPS) is 17.8. The maximum Gasteiger partial charge on any atom is 0.323 e. The van der Waals surface area contributed by atoms with Gasteiger partial charge < -0.3 is 10.0 Å². The monoisotopic (exact) mass is 311 g/mol. The third kappa shape index (κ3) is 3.53. The topological polar surface area (TPSA) is 82.5 Å². The average Bonchev–Trinajstić information content (AvgIpc) is 2.88. The minimum atomic E-state index is -0.788. The Labute approximate surface area is 128 Å². The van der Waals surface area contributed by atoms with Crippen LogP contribution in [-0.2, 0) is 4.79 Å². The molecule has 1 aromatic rings. The summed E-state index contributed by atoms with van der Waals surface area (Å²) in [4.78, 5) is 29.4. The molecule has 7 heteroatoms. The van der Waals surface area contributed by atoms with Crippen molar-refractivity contribution < 1.29 is 14.7 Å². The molecule has 2 rings (SSSR count). The summed E-state index contributed by atoms with van der Waals surface area (Å²) in [6.07, 6.45) is 0.954. The number of carbonyl (C=O) groups excluding carboxylic acids is 1. The molecule has 0 unspecified atom stereocenters. The van der Waals surface area contributed by atoms with E-state index in [1.807, 2.05) is 5.38 Å². The molecule has 1 aliphatic heterocycles. The van der Waals surface area contributed by atoms with E-state index >= 15 is 0 Å². The summed E-state index contributed by atoms with van der Waals surface area (Å²) in [7, 11) is 0. The van der Waals surface area contributed by atoms with Gasteiger partial charge in [0.1, 0.15) is 0 Å². The van der Waals surface area contributed by atoms with Crippen LogP contribution in [0.4, 0.5) is 9.93 Å². The van der Waals surface area contributed by atoms with Gasteiger partial charge in [-0.2, -0.15) is 0 Å². The number of hydrogen-bond acceptors (Lipinski definition) is 4. The number of aromatic nitrogens is 1. The van der Waals surface area contributed by atoms with Crippen molar-refractivity contribution in [3.8, 4) is 0 Å². The second-order valence-corrected chi connectivity index (χ2v) is 6.87. The van der Waals surface area contributed by atoms with Crippen molar-refractivity contribution >= 4 is 28.5 Å². The maximum absolute atomic E-state index is 12.2. The Bertz CT molecular complexity index is 533. The van der Waals surface area contributed by atoms with Gasteiger partial charge in [-0.3, -0.25) is 10.1 Å². The van der Waals surface area contributed by atoms with Crippen molar-refractivity contribution in [1.29, 1.82) is 0 Å². The van der Waals surface area contributed by atoms with E-state index in [2.05, 4.69) is 24.1 Å². The molecule has 0 atom stereocenters. The summed E-state index contributed by atoms with van der Waals surface area (Å²) >= 11 is 1.41. The number of rotatable bonds is 3. The predicted molar refractivity (Wildman–Crippen MR) is 81.8 cm³/mol. The number of urea groups is 1. The highest BCUT2D eigenvalue weighted by atomic mass is 32.1. The lowest BCUT2D eigenvalue weighted by Crippen LogP contribution is -2.46. The summed E-state index contributed by atoms with van der Waals surface area (Å²) in [5.74, 6) is -0.456. The van der Waals surface area contributed by atoms with Gasteiger partial charge in [-0.05, 0) is 25.7 Å². The first-order valence-corrected chi connectivity index (χ1v) is 7.94. The molecule has 6 nitrogen and oxygen atoms in total. The highest BCUT2D eigenvalue weighted by molar-refractivity contribution is 7.13. The summed E-state index contributed by atoms with van der Waals surface area (Å²) in [5, 5.41) is 14.5. The van der Waals surface area contributed by atoms with Gasteiger partial charge in [0.25, 0.3) is 0 Å². The van der Waals surface area contributed by atoms with Crippen molar-refractivity contribution in [2.45, 2.75) is 39.5 Å². The minimum absolute atomic E-state index is 0.202. The summed E-state index contributed by atoms with van der Waals surface area (Å²) < 4.78 is 0. The molecule has 0 aliphatic carbocycles.